The molecule has 0 aromatic carbocycles. The average molecular weight is 254 g/mol. The maximum atomic E-state index is 9.87. The van der Waals surface area contributed by atoms with Crippen LogP contribution in [-0.2, 0) is 9.59 Å². The van der Waals surface area contributed by atoms with E-state index >= 15 is 0 Å². The van der Waals surface area contributed by atoms with E-state index in [1.165, 1.54) is 0 Å². The fourth-order valence-corrected chi connectivity index (χ4v) is 1.05. The van der Waals surface area contributed by atoms with Crippen molar-refractivity contribution in [3.8, 4) is 0 Å². The van der Waals surface area contributed by atoms with Gasteiger partial charge < -0.3 is 15.0 Å². The summed E-state index contributed by atoms with van der Waals surface area (Å²) >= 11 is 0. The van der Waals surface area contributed by atoms with Crippen LogP contribution in [0.5, 0.6) is 0 Å². The summed E-state index contributed by atoms with van der Waals surface area (Å²) in [6.07, 6.45) is 6.31. The first kappa shape index (κ1) is 22.1. The Labute approximate surface area is 126 Å². The molecule has 0 aromatic rings. The van der Waals surface area contributed by atoms with Crippen LogP contribution in [0.2, 0.25) is 0 Å². The van der Waals surface area contributed by atoms with Gasteiger partial charge in [-0.2, -0.15) is 0 Å². The first-order valence-corrected chi connectivity index (χ1v) is 5.96. The van der Waals surface area contributed by atoms with Gasteiger partial charge in [0.05, 0.1) is 0 Å². The van der Waals surface area contributed by atoms with Crippen molar-refractivity contribution in [1.29, 1.82) is 0 Å². The molecule has 0 bridgehead atoms. The van der Waals surface area contributed by atoms with Crippen molar-refractivity contribution in [1.82, 2.24) is 0 Å². The van der Waals surface area contributed by atoms with E-state index in [9.17, 15) is 14.7 Å². The molecule has 0 heterocycles. The Morgan fingerprint density at radius 2 is 1.35 bits per heavy atom. The molecule has 0 rings (SSSR count). The fourth-order valence-electron chi connectivity index (χ4n) is 1.05. The van der Waals surface area contributed by atoms with Gasteiger partial charge >= 0.3 is 35.5 Å². The summed E-state index contributed by atoms with van der Waals surface area (Å²) in [5.41, 5.74) is 0. The molecule has 96 valence electrons. The first-order chi connectivity index (χ1) is 7.54. The molecule has 0 spiro atoms. The third kappa shape index (κ3) is 31.4. The largest absolute Gasteiger partial charge is 1.00 e. The van der Waals surface area contributed by atoms with Crippen LogP contribution in [0.3, 0.4) is 0 Å². The Hall–Kier alpha value is -0.0600. The first-order valence-electron chi connectivity index (χ1n) is 5.96. The van der Waals surface area contributed by atoms with Crippen LogP contribution in [-0.4, -0.2) is 17.0 Å². The monoisotopic (exact) mass is 254 g/mol. The van der Waals surface area contributed by atoms with E-state index in [0.717, 1.165) is 38.5 Å². The van der Waals surface area contributed by atoms with E-state index in [0.29, 0.717) is 6.42 Å². The van der Waals surface area contributed by atoms with Crippen molar-refractivity contribution in [2.24, 2.45) is 0 Å². The summed E-state index contributed by atoms with van der Waals surface area (Å²) in [6.45, 7) is 4.09. The van der Waals surface area contributed by atoms with Crippen LogP contribution in [0.15, 0.2) is 0 Å². The van der Waals surface area contributed by atoms with Crippen LogP contribution in [0, 0.1) is 0 Å². The summed E-state index contributed by atoms with van der Waals surface area (Å²) < 4.78 is 0. The predicted molar refractivity (Wildman–Crippen MR) is 60.9 cm³/mol. The number of hydrogen-bond acceptors (Lipinski definition) is 3. The zero-order valence-corrected chi connectivity index (χ0v) is 13.3. The molecule has 0 aromatic heterocycles. The van der Waals surface area contributed by atoms with Crippen LogP contribution in [0.4, 0.5) is 0 Å². The SMILES string of the molecule is CCCCCC(=O)O.CCCCCC(=O)[O-].[Na+]. The van der Waals surface area contributed by atoms with Gasteiger partial charge in [-0.3, -0.25) is 4.79 Å². The van der Waals surface area contributed by atoms with Crippen molar-refractivity contribution < 1.29 is 49.4 Å². The van der Waals surface area contributed by atoms with E-state index < -0.39 is 11.9 Å². The van der Waals surface area contributed by atoms with Crippen molar-refractivity contribution in [3.63, 3.8) is 0 Å². The molecule has 5 heteroatoms. The minimum atomic E-state index is -0.932. The molecule has 0 radical (unpaired) electrons. The Balaban J connectivity index is -0.000000218. The molecule has 0 saturated carbocycles. The summed E-state index contributed by atoms with van der Waals surface area (Å²) in [5, 5.41) is 17.9. The van der Waals surface area contributed by atoms with Gasteiger partial charge in [0.15, 0.2) is 0 Å². The van der Waals surface area contributed by atoms with Crippen molar-refractivity contribution in [2.75, 3.05) is 0 Å². The van der Waals surface area contributed by atoms with Gasteiger partial charge in [0, 0.05) is 12.4 Å². The molecule has 0 fully saturated rings. The minimum absolute atomic E-state index is 0. The summed E-state index contributed by atoms with van der Waals surface area (Å²) in [6, 6.07) is 0. The second-order valence-corrected chi connectivity index (χ2v) is 3.68. The number of unbranched alkanes of at least 4 members (excludes halogenated alkanes) is 4. The number of hydrogen-bond donors (Lipinski definition) is 1. The number of carbonyl (C=O) groups is 2. The fraction of sp³-hybridized carbons (Fsp3) is 0.833. The summed E-state index contributed by atoms with van der Waals surface area (Å²) in [5.74, 6) is -1.61. The molecule has 0 atom stereocenters. The van der Waals surface area contributed by atoms with E-state index in [1.807, 2.05) is 6.92 Å². The molecule has 1 N–H and O–H groups in total. The Morgan fingerprint density at radius 1 is 0.941 bits per heavy atom. The smallest absolute Gasteiger partial charge is 0.550 e. The summed E-state index contributed by atoms with van der Waals surface area (Å²) in [4.78, 5) is 19.6. The number of carboxylic acid groups (broad SMARTS) is 2. The molecule has 0 amide bonds. The zero-order chi connectivity index (χ0) is 12.8. The standard InChI is InChI=1S/2C6H12O2.Na/c2*1-2-3-4-5-6(7)8;/h2*2-5H2,1H3,(H,7,8);/q;;+1/p-1. The Kier molecular flexibility index (Phi) is 23.9. The van der Waals surface area contributed by atoms with Gasteiger partial charge in [0.2, 0.25) is 0 Å². The van der Waals surface area contributed by atoms with Gasteiger partial charge in [0.1, 0.15) is 0 Å². The van der Waals surface area contributed by atoms with Crippen molar-refractivity contribution in [2.45, 2.75) is 65.2 Å². The molecule has 0 aliphatic carbocycles. The molecule has 0 aliphatic rings. The average Bonchev–Trinajstić information content (AvgIpc) is 2.18. The quantitative estimate of drug-likeness (QED) is 0.444. The van der Waals surface area contributed by atoms with Gasteiger partial charge in [0.25, 0.3) is 0 Å². The maximum absolute atomic E-state index is 9.87. The van der Waals surface area contributed by atoms with Crippen LogP contribution >= 0.6 is 0 Å². The third-order valence-corrected chi connectivity index (χ3v) is 1.98. The van der Waals surface area contributed by atoms with Crippen LogP contribution in [0.1, 0.15) is 65.2 Å². The Morgan fingerprint density at radius 3 is 1.65 bits per heavy atom. The van der Waals surface area contributed by atoms with Crippen LogP contribution < -0.4 is 34.7 Å². The number of aliphatic carboxylic acids is 2. The minimum Gasteiger partial charge on any atom is -0.550 e. The maximum Gasteiger partial charge on any atom is 1.00 e. The second-order valence-electron chi connectivity index (χ2n) is 3.68. The molecular weight excluding hydrogens is 231 g/mol. The van der Waals surface area contributed by atoms with Crippen LogP contribution in [0.25, 0.3) is 0 Å². The second kappa shape index (κ2) is 18.3. The van der Waals surface area contributed by atoms with E-state index in [4.69, 9.17) is 5.11 Å². The van der Waals surface area contributed by atoms with Crippen molar-refractivity contribution in [3.05, 3.63) is 0 Å². The molecule has 17 heavy (non-hydrogen) atoms. The van der Waals surface area contributed by atoms with Gasteiger partial charge in [-0.05, 0) is 19.3 Å². The molecule has 0 unspecified atom stereocenters. The van der Waals surface area contributed by atoms with E-state index in [-0.39, 0.29) is 36.0 Å². The number of carboxylic acids is 2. The van der Waals surface area contributed by atoms with E-state index in [1.54, 1.807) is 0 Å². The van der Waals surface area contributed by atoms with Crippen molar-refractivity contribution >= 4 is 11.9 Å². The van der Waals surface area contributed by atoms with Gasteiger partial charge in [-0.15, -0.1) is 0 Å². The van der Waals surface area contributed by atoms with Gasteiger partial charge in [-0.1, -0.05) is 39.5 Å². The summed E-state index contributed by atoms with van der Waals surface area (Å²) in [7, 11) is 0. The third-order valence-electron chi connectivity index (χ3n) is 1.98. The Bertz CT molecular complexity index is 163. The molecule has 0 aliphatic heterocycles. The molecule has 4 nitrogen and oxygen atoms in total. The normalized spacial score (nSPS) is 8.59. The van der Waals surface area contributed by atoms with E-state index in [2.05, 4.69) is 6.92 Å². The molecular formula is C12H23NaO4. The topological polar surface area (TPSA) is 77.4 Å². The number of rotatable bonds is 8. The zero-order valence-electron chi connectivity index (χ0n) is 11.3. The predicted octanol–water partition coefficient (Wildman–Crippen LogP) is -1.03. The number of carbonyl (C=O) groups excluding carboxylic acids is 1. The molecule has 0 saturated heterocycles. The van der Waals surface area contributed by atoms with Gasteiger partial charge in [-0.25, -0.2) is 0 Å².